The zero-order chi connectivity index (χ0) is 25.1. The average Bonchev–Trinajstić information content (AvgIpc) is 2.91. The van der Waals surface area contributed by atoms with Crippen LogP contribution in [0, 0.1) is 0 Å². The minimum absolute atomic E-state index is 0.533. The Morgan fingerprint density at radius 1 is 0.686 bits per heavy atom. The van der Waals surface area contributed by atoms with Gasteiger partial charge >= 0.3 is 218 Å². The SMILES string of the molecule is CCC[CH2][Sn]([CH2]CCC)([CH2]CCC)[c]1cc(OC)c2cccc(OCc3ccccc3)c2c1OC. The molecule has 35 heavy (non-hydrogen) atoms. The summed E-state index contributed by atoms with van der Waals surface area (Å²) in [6.07, 6.45) is 7.65. The molecule has 0 saturated carbocycles. The van der Waals surface area contributed by atoms with E-state index in [-0.39, 0.29) is 0 Å². The van der Waals surface area contributed by atoms with Gasteiger partial charge in [-0.15, -0.1) is 0 Å². The molecule has 4 heteroatoms. The summed E-state index contributed by atoms with van der Waals surface area (Å²) >= 11 is -2.81. The molecular weight excluding hydrogens is 539 g/mol. The molecule has 0 radical (unpaired) electrons. The predicted molar refractivity (Wildman–Crippen MR) is 152 cm³/mol. The van der Waals surface area contributed by atoms with Crippen molar-refractivity contribution >= 4 is 32.7 Å². The van der Waals surface area contributed by atoms with Crippen LogP contribution in [0.5, 0.6) is 17.2 Å². The molecule has 3 aromatic rings. The van der Waals surface area contributed by atoms with E-state index >= 15 is 0 Å². The van der Waals surface area contributed by atoms with Crippen LogP contribution in [0.4, 0.5) is 0 Å². The van der Waals surface area contributed by atoms with E-state index in [4.69, 9.17) is 14.2 Å². The predicted octanol–water partition coefficient (Wildman–Crippen LogP) is 8.49. The van der Waals surface area contributed by atoms with Crippen LogP contribution in [-0.2, 0) is 6.61 Å². The summed E-state index contributed by atoms with van der Waals surface area (Å²) in [6, 6.07) is 19.0. The molecule has 0 heterocycles. The van der Waals surface area contributed by atoms with Crippen molar-refractivity contribution in [1.29, 1.82) is 0 Å². The van der Waals surface area contributed by atoms with Crippen molar-refractivity contribution in [3.63, 3.8) is 0 Å². The average molecular weight is 583 g/mol. The monoisotopic (exact) mass is 584 g/mol. The standard InChI is InChI=1S/C19H17O3.3C4H9.Sn/c1-20-16-11-12-17(21-2)19-15(16)9-6-10-18(19)22-13-14-7-4-3-5-8-14;3*1-3-4-2;/h3-11H,13H2,1-2H3;3*1,3-4H2,2H3;. The Balaban J connectivity index is 2.22. The first-order valence-corrected chi connectivity index (χ1v) is 21.0. The number of rotatable bonds is 15. The number of methoxy groups -OCH3 is 2. The Morgan fingerprint density at radius 2 is 1.31 bits per heavy atom. The van der Waals surface area contributed by atoms with Crippen LogP contribution in [-0.4, -0.2) is 32.6 Å². The van der Waals surface area contributed by atoms with Crippen molar-refractivity contribution < 1.29 is 14.2 Å². The van der Waals surface area contributed by atoms with Crippen LogP contribution < -0.4 is 17.8 Å². The Labute approximate surface area is 217 Å². The third-order valence-electron chi connectivity index (χ3n) is 7.30. The molecule has 0 fully saturated rings. The normalized spacial score (nSPS) is 11.6. The van der Waals surface area contributed by atoms with Crippen LogP contribution in [0.1, 0.15) is 64.9 Å². The maximum absolute atomic E-state index is 6.45. The summed E-state index contributed by atoms with van der Waals surface area (Å²) in [6.45, 7) is 7.50. The Kier molecular flexibility index (Phi) is 11.1. The Morgan fingerprint density at radius 3 is 1.86 bits per heavy atom. The number of hydrogen-bond acceptors (Lipinski definition) is 3. The third-order valence-corrected chi connectivity index (χ3v) is 22.8. The molecule has 190 valence electrons. The molecule has 0 atom stereocenters. The fourth-order valence-electron chi connectivity index (χ4n) is 5.33. The van der Waals surface area contributed by atoms with Crippen molar-refractivity contribution in [3.8, 4) is 17.2 Å². The van der Waals surface area contributed by atoms with Gasteiger partial charge in [-0.2, -0.15) is 0 Å². The Bertz CT molecular complexity index is 1030. The molecule has 0 amide bonds. The maximum atomic E-state index is 6.45. The van der Waals surface area contributed by atoms with E-state index in [2.05, 4.69) is 69.3 Å². The zero-order valence-corrected chi connectivity index (χ0v) is 25.3. The van der Waals surface area contributed by atoms with Crippen molar-refractivity contribution in [3.05, 3.63) is 60.2 Å². The van der Waals surface area contributed by atoms with E-state index in [1.165, 1.54) is 55.4 Å². The fraction of sp³-hybridized carbons (Fsp3) is 0.484. The Hall–Kier alpha value is -1.88. The van der Waals surface area contributed by atoms with Gasteiger partial charge < -0.3 is 0 Å². The van der Waals surface area contributed by atoms with Crippen molar-refractivity contribution in [2.75, 3.05) is 14.2 Å². The van der Waals surface area contributed by atoms with Gasteiger partial charge in [0.15, 0.2) is 0 Å². The van der Waals surface area contributed by atoms with Gasteiger partial charge in [0.05, 0.1) is 0 Å². The molecule has 0 N–H and O–H groups in total. The van der Waals surface area contributed by atoms with Crippen LogP contribution in [0.3, 0.4) is 0 Å². The van der Waals surface area contributed by atoms with Gasteiger partial charge in [-0.25, -0.2) is 0 Å². The molecule has 3 aromatic carbocycles. The number of unbranched alkanes of at least 4 members (excludes halogenated alkanes) is 3. The van der Waals surface area contributed by atoms with E-state index < -0.39 is 18.4 Å². The second kappa shape index (κ2) is 14.0. The molecule has 0 aliphatic rings. The molecule has 3 rings (SSSR count). The van der Waals surface area contributed by atoms with Crippen LogP contribution >= 0.6 is 0 Å². The first-order valence-electron chi connectivity index (χ1n) is 13.5. The second-order valence-corrected chi connectivity index (χ2v) is 22.8. The minimum atomic E-state index is -2.81. The van der Waals surface area contributed by atoms with Crippen molar-refractivity contribution in [1.82, 2.24) is 0 Å². The van der Waals surface area contributed by atoms with Gasteiger partial charge in [0.25, 0.3) is 0 Å². The van der Waals surface area contributed by atoms with E-state index in [0.717, 1.165) is 33.6 Å². The number of fused-ring (bicyclic) bond motifs is 1. The van der Waals surface area contributed by atoms with E-state index in [9.17, 15) is 0 Å². The summed E-state index contributed by atoms with van der Waals surface area (Å²) in [5.41, 5.74) is 1.16. The van der Waals surface area contributed by atoms with Gasteiger partial charge in [-0.05, 0) is 0 Å². The molecular formula is C31H44O3Sn. The summed E-state index contributed by atoms with van der Waals surface area (Å²) in [5.74, 6) is 2.88. The zero-order valence-electron chi connectivity index (χ0n) is 22.5. The first kappa shape index (κ1) is 27.7. The summed E-state index contributed by atoms with van der Waals surface area (Å²) in [7, 11) is 3.64. The first-order chi connectivity index (χ1) is 17.1. The van der Waals surface area contributed by atoms with Gasteiger partial charge in [0.1, 0.15) is 0 Å². The molecule has 0 spiro atoms. The molecule has 3 nitrogen and oxygen atoms in total. The molecule has 0 aliphatic carbocycles. The van der Waals surface area contributed by atoms with Crippen LogP contribution in [0.25, 0.3) is 10.8 Å². The topological polar surface area (TPSA) is 27.7 Å². The summed E-state index contributed by atoms with van der Waals surface area (Å²) in [5, 5.41) is 2.14. The fourth-order valence-corrected chi connectivity index (χ4v) is 21.9. The quantitative estimate of drug-likeness (QED) is 0.168. The molecule has 0 saturated heterocycles. The number of hydrogen-bond donors (Lipinski definition) is 0. The summed E-state index contributed by atoms with van der Waals surface area (Å²) in [4.78, 5) is 0. The van der Waals surface area contributed by atoms with Crippen LogP contribution in [0.2, 0.25) is 13.3 Å². The van der Waals surface area contributed by atoms with E-state index in [1.54, 1.807) is 7.11 Å². The molecule has 0 aliphatic heterocycles. The molecule has 0 aromatic heterocycles. The van der Waals surface area contributed by atoms with Crippen LogP contribution in [0.15, 0.2) is 54.6 Å². The van der Waals surface area contributed by atoms with Gasteiger partial charge in [0, 0.05) is 0 Å². The second-order valence-electron chi connectivity index (χ2n) is 9.70. The van der Waals surface area contributed by atoms with Gasteiger partial charge in [-0.3, -0.25) is 0 Å². The van der Waals surface area contributed by atoms with Gasteiger partial charge in [-0.1, -0.05) is 0 Å². The van der Waals surface area contributed by atoms with Crippen molar-refractivity contribution in [2.45, 2.75) is 79.2 Å². The number of benzene rings is 3. The van der Waals surface area contributed by atoms with E-state index in [1.807, 2.05) is 13.2 Å². The number of ether oxygens (including phenoxy) is 3. The third kappa shape index (κ3) is 6.66. The van der Waals surface area contributed by atoms with E-state index in [0.29, 0.717) is 6.61 Å². The molecule has 0 unspecified atom stereocenters. The summed E-state index contributed by atoms with van der Waals surface area (Å²) < 4.78 is 24.4. The van der Waals surface area contributed by atoms with Crippen molar-refractivity contribution in [2.24, 2.45) is 0 Å². The molecule has 0 bridgehead atoms. The van der Waals surface area contributed by atoms with Gasteiger partial charge in [0.2, 0.25) is 0 Å².